The third kappa shape index (κ3) is 2.99. The van der Waals surface area contributed by atoms with Crippen molar-refractivity contribution in [2.75, 3.05) is 6.61 Å². The summed E-state index contributed by atoms with van der Waals surface area (Å²) < 4.78 is 3.04. The molecule has 1 aliphatic carbocycles. The zero-order valence-corrected chi connectivity index (χ0v) is 13.8. The molecule has 3 nitrogen and oxygen atoms in total. The molecule has 22 heavy (non-hydrogen) atoms. The van der Waals surface area contributed by atoms with E-state index in [1.807, 2.05) is 0 Å². The van der Waals surface area contributed by atoms with Gasteiger partial charge in [0.25, 0.3) is 0 Å². The third-order valence-corrected chi connectivity index (χ3v) is 4.67. The molecule has 116 valence electrons. The Kier molecular flexibility index (Phi) is 4.69. The summed E-state index contributed by atoms with van der Waals surface area (Å²) >= 11 is 5.55. The van der Waals surface area contributed by atoms with Crippen LogP contribution in [0.5, 0.6) is 0 Å². The van der Waals surface area contributed by atoms with Crippen LogP contribution in [0.3, 0.4) is 0 Å². The van der Waals surface area contributed by atoms with E-state index >= 15 is 0 Å². The zero-order valence-electron chi connectivity index (χ0n) is 13.0. The Balaban J connectivity index is 2.17. The van der Waals surface area contributed by atoms with Crippen LogP contribution in [0.15, 0.2) is 24.3 Å². The Morgan fingerprint density at radius 2 is 1.91 bits per heavy atom. The van der Waals surface area contributed by atoms with Crippen molar-refractivity contribution >= 4 is 12.2 Å². The van der Waals surface area contributed by atoms with Crippen LogP contribution in [0.4, 0.5) is 0 Å². The van der Waals surface area contributed by atoms with Crippen LogP contribution in [0.2, 0.25) is 0 Å². The lowest BCUT2D eigenvalue weighted by Gasteiger charge is -2.24. The standard InChI is InChI=1S/C18H22N2OS/c1-13-7-9-14(10-8-13)17-19-18(22)15-5-2-3-6-16(15)20(17)11-4-12-21/h7-10,21H,2-6,11-12H2,1H3. The van der Waals surface area contributed by atoms with Gasteiger partial charge >= 0.3 is 0 Å². The Morgan fingerprint density at radius 1 is 1.18 bits per heavy atom. The van der Waals surface area contributed by atoms with E-state index in [0.717, 1.165) is 41.8 Å². The van der Waals surface area contributed by atoms with Gasteiger partial charge in [-0.1, -0.05) is 42.0 Å². The molecule has 0 saturated carbocycles. The van der Waals surface area contributed by atoms with Crippen LogP contribution >= 0.6 is 12.2 Å². The van der Waals surface area contributed by atoms with Gasteiger partial charge in [-0.25, -0.2) is 4.98 Å². The molecular weight excluding hydrogens is 292 g/mol. The smallest absolute Gasteiger partial charge is 0.141 e. The minimum atomic E-state index is 0.199. The van der Waals surface area contributed by atoms with Gasteiger partial charge in [-0.2, -0.15) is 0 Å². The van der Waals surface area contributed by atoms with Crippen molar-refractivity contribution in [3.05, 3.63) is 45.7 Å². The van der Waals surface area contributed by atoms with Crippen LogP contribution in [0, 0.1) is 11.6 Å². The maximum atomic E-state index is 9.23. The van der Waals surface area contributed by atoms with Crippen molar-refractivity contribution in [3.8, 4) is 11.4 Å². The first-order valence-electron chi connectivity index (χ1n) is 8.01. The monoisotopic (exact) mass is 314 g/mol. The number of aliphatic hydroxyl groups is 1. The Labute approximate surface area is 136 Å². The lowest BCUT2D eigenvalue weighted by atomic mass is 9.96. The average molecular weight is 314 g/mol. The molecule has 1 aromatic carbocycles. The molecule has 1 aromatic heterocycles. The fraction of sp³-hybridized carbons (Fsp3) is 0.444. The predicted molar refractivity (Wildman–Crippen MR) is 91.6 cm³/mol. The molecule has 1 heterocycles. The first kappa shape index (κ1) is 15.4. The molecule has 2 aromatic rings. The fourth-order valence-electron chi connectivity index (χ4n) is 3.16. The minimum Gasteiger partial charge on any atom is -0.396 e. The summed E-state index contributed by atoms with van der Waals surface area (Å²) in [6.07, 6.45) is 5.25. The van der Waals surface area contributed by atoms with E-state index in [1.165, 1.54) is 29.7 Å². The van der Waals surface area contributed by atoms with Crippen molar-refractivity contribution in [1.82, 2.24) is 9.55 Å². The first-order valence-corrected chi connectivity index (χ1v) is 8.42. The van der Waals surface area contributed by atoms with Crippen LogP contribution < -0.4 is 0 Å². The van der Waals surface area contributed by atoms with E-state index < -0.39 is 0 Å². The van der Waals surface area contributed by atoms with E-state index in [-0.39, 0.29) is 6.61 Å². The number of fused-ring (bicyclic) bond motifs is 1. The number of rotatable bonds is 4. The Morgan fingerprint density at radius 3 is 2.64 bits per heavy atom. The number of benzene rings is 1. The fourth-order valence-corrected chi connectivity index (χ4v) is 3.47. The molecule has 0 bridgehead atoms. The van der Waals surface area contributed by atoms with Crippen LogP contribution in [0.25, 0.3) is 11.4 Å². The molecule has 0 aliphatic heterocycles. The molecular formula is C18H22N2OS. The third-order valence-electron chi connectivity index (χ3n) is 4.34. The number of hydrogen-bond acceptors (Lipinski definition) is 3. The summed E-state index contributed by atoms with van der Waals surface area (Å²) in [4.78, 5) is 4.74. The highest BCUT2D eigenvalue weighted by Gasteiger charge is 2.18. The molecule has 0 fully saturated rings. The second-order valence-corrected chi connectivity index (χ2v) is 6.35. The predicted octanol–water partition coefficient (Wildman–Crippen LogP) is 3.85. The van der Waals surface area contributed by atoms with Gasteiger partial charge in [0.1, 0.15) is 10.5 Å². The molecule has 0 atom stereocenters. The highest BCUT2D eigenvalue weighted by Crippen LogP contribution is 2.27. The Bertz CT molecular complexity index is 719. The molecule has 0 radical (unpaired) electrons. The second-order valence-electron chi connectivity index (χ2n) is 5.97. The van der Waals surface area contributed by atoms with Gasteiger partial charge in [0.2, 0.25) is 0 Å². The number of aromatic nitrogens is 2. The quantitative estimate of drug-likeness (QED) is 0.871. The highest BCUT2D eigenvalue weighted by atomic mass is 32.1. The average Bonchev–Trinajstić information content (AvgIpc) is 2.55. The molecule has 0 unspecified atom stereocenters. The maximum Gasteiger partial charge on any atom is 0.141 e. The molecule has 0 saturated heterocycles. The van der Waals surface area contributed by atoms with Gasteiger partial charge in [-0.15, -0.1) is 0 Å². The lowest BCUT2D eigenvalue weighted by Crippen LogP contribution is -2.18. The molecule has 1 N–H and O–H groups in total. The summed E-state index contributed by atoms with van der Waals surface area (Å²) in [6, 6.07) is 8.43. The number of nitrogens with zero attached hydrogens (tertiary/aromatic N) is 2. The minimum absolute atomic E-state index is 0.199. The number of aliphatic hydroxyl groups excluding tert-OH is 1. The van der Waals surface area contributed by atoms with Crippen molar-refractivity contribution in [3.63, 3.8) is 0 Å². The van der Waals surface area contributed by atoms with Crippen molar-refractivity contribution in [1.29, 1.82) is 0 Å². The van der Waals surface area contributed by atoms with Crippen molar-refractivity contribution in [2.45, 2.75) is 45.6 Å². The van der Waals surface area contributed by atoms with E-state index in [1.54, 1.807) is 0 Å². The normalized spacial score (nSPS) is 13.9. The van der Waals surface area contributed by atoms with E-state index in [0.29, 0.717) is 0 Å². The van der Waals surface area contributed by atoms with E-state index in [9.17, 15) is 5.11 Å². The Hall–Kier alpha value is -1.52. The van der Waals surface area contributed by atoms with E-state index in [2.05, 4.69) is 35.8 Å². The van der Waals surface area contributed by atoms with Gasteiger partial charge in [0, 0.05) is 30.0 Å². The first-order chi connectivity index (χ1) is 10.7. The van der Waals surface area contributed by atoms with Gasteiger partial charge in [0.05, 0.1) is 0 Å². The van der Waals surface area contributed by atoms with Crippen LogP contribution in [0.1, 0.15) is 36.1 Å². The van der Waals surface area contributed by atoms with Crippen molar-refractivity contribution in [2.24, 2.45) is 0 Å². The molecule has 0 spiro atoms. The lowest BCUT2D eigenvalue weighted by molar-refractivity contribution is 0.278. The zero-order chi connectivity index (χ0) is 15.5. The van der Waals surface area contributed by atoms with Gasteiger partial charge in [-0.3, -0.25) is 0 Å². The van der Waals surface area contributed by atoms with Gasteiger partial charge in [-0.05, 0) is 39.0 Å². The summed E-state index contributed by atoms with van der Waals surface area (Å²) in [5.74, 6) is 0.944. The topological polar surface area (TPSA) is 38.0 Å². The second kappa shape index (κ2) is 6.71. The summed E-state index contributed by atoms with van der Waals surface area (Å²) in [7, 11) is 0. The van der Waals surface area contributed by atoms with E-state index in [4.69, 9.17) is 17.2 Å². The number of aryl methyl sites for hydroxylation is 1. The maximum absolute atomic E-state index is 9.23. The number of hydrogen-bond donors (Lipinski definition) is 1. The summed E-state index contributed by atoms with van der Waals surface area (Å²) in [5, 5.41) is 9.23. The SMILES string of the molecule is Cc1ccc(-c2nc(=S)c3c(n2CCCO)CCCC3)cc1. The summed E-state index contributed by atoms with van der Waals surface area (Å²) in [6.45, 7) is 3.08. The van der Waals surface area contributed by atoms with Crippen LogP contribution in [-0.2, 0) is 19.4 Å². The largest absolute Gasteiger partial charge is 0.396 e. The van der Waals surface area contributed by atoms with Gasteiger partial charge < -0.3 is 9.67 Å². The highest BCUT2D eigenvalue weighted by molar-refractivity contribution is 7.71. The molecule has 1 aliphatic rings. The molecule has 3 rings (SSSR count). The summed E-state index contributed by atoms with van der Waals surface area (Å²) in [5.41, 5.74) is 4.91. The van der Waals surface area contributed by atoms with Crippen molar-refractivity contribution < 1.29 is 5.11 Å². The molecule has 4 heteroatoms. The van der Waals surface area contributed by atoms with Crippen LogP contribution in [-0.4, -0.2) is 21.3 Å². The van der Waals surface area contributed by atoms with Gasteiger partial charge in [0.15, 0.2) is 0 Å². The molecule has 0 amide bonds.